The van der Waals surface area contributed by atoms with E-state index in [1.807, 2.05) is 0 Å². The molecule has 0 heterocycles. The molecule has 24 valence electrons. The van der Waals surface area contributed by atoms with Crippen LogP contribution in [0.3, 0.4) is 0 Å². The zero-order chi connectivity index (χ0) is 3.41. The summed E-state index contributed by atoms with van der Waals surface area (Å²) in [5.41, 5.74) is 0. The fourth-order valence-corrected chi connectivity index (χ4v) is 0. The smallest absolute Gasteiger partial charge is 0.318 e. The molecule has 0 amide bonds. The van der Waals surface area contributed by atoms with E-state index in [-0.39, 0.29) is 0 Å². The van der Waals surface area contributed by atoms with Gasteiger partial charge in [0.2, 0.25) is 0 Å². The van der Waals surface area contributed by atoms with Crippen molar-refractivity contribution in [3.63, 3.8) is 0 Å². The fourth-order valence-electron chi connectivity index (χ4n) is 0. The first-order chi connectivity index (χ1) is 1.91. The first-order valence-electron chi connectivity index (χ1n) is 1.56. The summed E-state index contributed by atoms with van der Waals surface area (Å²) in [4.78, 5) is 0. The summed E-state index contributed by atoms with van der Waals surface area (Å²) in [5.74, 6) is 0. The SMILES string of the molecule is CC[NH][AlH2]. The molecule has 0 bridgehead atoms. The topological polar surface area (TPSA) is 12.0 Å². The van der Waals surface area contributed by atoms with Crippen molar-refractivity contribution in [2.24, 2.45) is 0 Å². The molecule has 0 atom stereocenters. The molecule has 0 saturated carbocycles. The van der Waals surface area contributed by atoms with Gasteiger partial charge in [-0.25, -0.2) is 0 Å². The van der Waals surface area contributed by atoms with Gasteiger partial charge in [0.25, 0.3) is 0 Å². The lowest BCUT2D eigenvalue weighted by atomic mass is 10.8. The summed E-state index contributed by atoms with van der Waals surface area (Å²) in [5, 5.41) is 0. The molecule has 2 heteroatoms. The van der Waals surface area contributed by atoms with Crippen molar-refractivity contribution in [1.82, 2.24) is 4.30 Å². The monoisotopic (exact) mass is 73.0 g/mol. The first kappa shape index (κ1) is 4.49. The molecule has 1 nitrogen and oxygen atoms in total. The fraction of sp³-hybridized carbons (Fsp3) is 1.00. The Bertz CT molecular complexity index is 8.00. The third-order valence-corrected chi connectivity index (χ3v) is 1.06. The quantitative estimate of drug-likeness (QED) is 0.398. The van der Waals surface area contributed by atoms with E-state index in [1.54, 1.807) is 0 Å². The summed E-state index contributed by atoms with van der Waals surface area (Å²) in [6.07, 6.45) is 0. The Hall–Kier alpha value is 0.492. The minimum atomic E-state index is 1.13. The van der Waals surface area contributed by atoms with Crippen molar-refractivity contribution in [2.75, 3.05) is 6.54 Å². The van der Waals surface area contributed by atoms with Gasteiger partial charge in [-0.1, -0.05) is 6.92 Å². The summed E-state index contributed by atoms with van der Waals surface area (Å²) in [6.45, 7) is 3.24. The molecule has 0 spiro atoms. The van der Waals surface area contributed by atoms with Crippen LogP contribution in [0.4, 0.5) is 0 Å². The first-order valence-corrected chi connectivity index (χ1v) is 2.56. The number of hydrogen-bond donors (Lipinski definition) is 1. The highest BCUT2D eigenvalue weighted by Crippen LogP contribution is 1.33. The van der Waals surface area contributed by atoms with Gasteiger partial charge in [0, 0.05) is 0 Å². The highest BCUT2D eigenvalue weighted by atomic mass is 27.1. The molecule has 1 N–H and O–H groups in total. The van der Waals surface area contributed by atoms with E-state index in [0.717, 1.165) is 23.1 Å². The highest BCUT2D eigenvalue weighted by Gasteiger charge is 1.52. The molecule has 0 unspecified atom stereocenters. The van der Waals surface area contributed by atoms with Gasteiger partial charge in [-0.15, -0.1) is 0 Å². The maximum Gasteiger partial charge on any atom is 0.318 e. The van der Waals surface area contributed by atoms with Gasteiger partial charge < -0.3 is 4.30 Å². The molecule has 0 aromatic rings. The number of rotatable bonds is 1. The van der Waals surface area contributed by atoms with Crippen molar-refractivity contribution in [3.8, 4) is 0 Å². The Labute approximate surface area is 35.0 Å². The van der Waals surface area contributed by atoms with E-state index in [4.69, 9.17) is 0 Å². The van der Waals surface area contributed by atoms with E-state index in [9.17, 15) is 0 Å². The standard InChI is InChI=1S/C2H6N.Al.2H/c1-2-3;;;/h3H,2H2,1H3;;;/q-1;+1;;. The van der Waals surface area contributed by atoms with Crippen molar-refractivity contribution in [2.45, 2.75) is 6.92 Å². The largest absolute Gasteiger partial charge is 0.405 e. The molecule has 0 aromatic heterocycles. The second-order valence-electron chi connectivity index (χ2n) is 0.707. The Morgan fingerprint density at radius 1 is 2.00 bits per heavy atom. The average molecular weight is 73.1 g/mol. The van der Waals surface area contributed by atoms with Gasteiger partial charge in [-0.05, 0) is 6.54 Å². The maximum atomic E-state index is 3.07. The molecular weight excluding hydrogens is 65.0 g/mol. The molecule has 0 rings (SSSR count). The Morgan fingerprint density at radius 3 is 2.25 bits per heavy atom. The molecule has 0 aliphatic heterocycles. The highest BCUT2D eigenvalue weighted by molar-refractivity contribution is 6.04. The second kappa shape index (κ2) is 3.49. The van der Waals surface area contributed by atoms with Crippen LogP contribution in [0, 0.1) is 0 Å². The summed E-state index contributed by atoms with van der Waals surface area (Å²) < 4.78 is 3.07. The third kappa shape index (κ3) is 2.49. The van der Waals surface area contributed by atoms with Crippen LogP contribution >= 0.6 is 0 Å². The van der Waals surface area contributed by atoms with Gasteiger partial charge in [-0.3, -0.25) is 0 Å². The predicted molar refractivity (Wildman–Crippen MR) is 22.2 cm³/mol. The third-order valence-electron chi connectivity index (χ3n) is 0.354. The van der Waals surface area contributed by atoms with E-state index in [1.165, 1.54) is 0 Å². The van der Waals surface area contributed by atoms with Crippen molar-refractivity contribution in [1.29, 1.82) is 0 Å². The van der Waals surface area contributed by atoms with Crippen LogP contribution in [0.15, 0.2) is 0 Å². The Kier molecular flexibility index (Phi) is 3.92. The molecule has 0 aromatic carbocycles. The van der Waals surface area contributed by atoms with E-state index >= 15 is 0 Å². The molecule has 0 aliphatic carbocycles. The normalized spacial score (nSPS) is 7.25. The van der Waals surface area contributed by atoms with Gasteiger partial charge >= 0.3 is 16.5 Å². The molecule has 4 heavy (non-hydrogen) atoms. The van der Waals surface area contributed by atoms with Crippen LogP contribution in [-0.4, -0.2) is 23.1 Å². The van der Waals surface area contributed by atoms with Crippen LogP contribution in [0.5, 0.6) is 0 Å². The molecule has 0 fully saturated rings. The van der Waals surface area contributed by atoms with Crippen LogP contribution < -0.4 is 4.30 Å². The molecule has 0 radical (unpaired) electrons. The van der Waals surface area contributed by atoms with Crippen LogP contribution in [0.25, 0.3) is 0 Å². The summed E-state index contributed by atoms with van der Waals surface area (Å²) in [7, 11) is 0. The van der Waals surface area contributed by atoms with Gasteiger partial charge in [0.1, 0.15) is 0 Å². The Balaban J connectivity index is 1.97. The lowest BCUT2D eigenvalue weighted by molar-refractivity contribution is 1.02. The molecule has 0 saturated heterocycles. The van der Waals surface area contributed by atoms with Gasteiger partial charge in [-0.2, -0.15) is 0 Å². The van der Waals surface area contributed by atoms with Gasteiger partial charge in [0.15, 0.2) is 0 Å². The van der Waals surface area contributed by atoms with Crippen LogP contribution in [0.2, 0.25) is 0 Å². The molecule has 0 aliphatic rings. The second-order valence-corrected chi connectivity index (χ2v) is 1.41. The van der Waals surface area contributed by atoms with E-state index in [0.29, 0.717) is 0 Å². The zero-order valence-electron chi connectivity index (χ0n) is 3.21. The van der Waals surface area contributed by atoms with Crippen molar-refractivity contribution >= 4 is 16.5 Å². The minimum Gasteiger partial charge on any atom is -0.405 e. The van der Waals surface area contributed by atoms with E-state index < -0.39 is 0 Å². The Morgan fingerprint density at radius 2 is 2.25 bits per heavy atom. The summed E-state index contributed by atoms with van der Waals surface area (Å²) >= 11 is 1.14. The minimum absolute atomic E-state index is 1.13. The van der Waals surface area contributed by atoms with Crippen LogP contribution in [-0.2, 0) is 0 Å². The van der Waals surface area contributed by atoms with Crippen LogP contribution in [0.1, 0.15) is 6.92 Å². The maximum absolute atomic E-state index is 3.07. The zero-order valence-corrected chi connectivity index (χ0v) is 5.21. The van der Waals surface area contributed by atoms with Crippen molar-refractivity contribution < 1.29 is 0 Å². The predicted octanol–water partition coefficient (Wildman–Crippen LogP) is -0.856. The number of hydrogen-bond acceptors (Lipinski definition) is 1. The molecular formula is C2H8AlN. The van der Waals surface area contributed by atoms with Gasteiger partial charge in [0.05, 0.1) is 0 Å². The lowest BCUT2D eigenvalue weighted by Crippen LogP contribution is -2.04. The lowest BCUT2D eigenvalue weighted by Gasteiger charge is -1.76. The summed E-state index contributed by atoms with van der Waals surface area (Å²) in [6, 6.07) is 0. The van der Waals surface area contributed by atoms with E-state index in [2.05, 4.69) is 11.2 Å². The average Bonchev–Trinajstić information content (AvgIpc) is 1.37. The van der Waals surface area contributed by atoms with Crippen molar-refractivity contribution in [3.05, 3.63) is 0 Å². The number of nitrogens with one attached hydrogen (secondary N) is 1.